The third-order valence-corrected chi connectivity index (χ3v) is 3.20. The number of carbonyl (C=O) groups is 1. The van der Waals surface area contributed by atoms with E-state index in [-0.39, 0.29) is 5.88 Å². The third kappa shape index (κ3) is 3.28. The van der Waals surface area contributed by atoms with Crippen LogP contribution < -0.4 is 4.74 Å². The number of esters is 1. The molecule has 2 rings (SSSR count). The first-order chi connectivity index (χ1) is 11.3. The second kappa shape index (κ2) is 7.12. The van der Waals surface area contributed by atoms with Gasteiger partial charge in [-0.1, -0.05) is 18.2 Å². The van der Waals surface area contributed by atoms with E-state index in [0.29, 0.717) is 0 Å². The predicted molar refractivity (Wildman–Crippen MR) is 73.3 cm³/mol. The summed E-state index contributed by atoms with van der Waals surface area (Å²) in [6.07, 6.45) is -5.11. The second-order valence-electron chi connectivity index (χ2n) is 4.64. The maximum absolute atomic E-state index is 14.5. The van der Waals surface area contributed by atoms with Crippen LogP contribution in [0.2, 0.25) is 0 Å². The molecule has 0 unspecified atom stereocenters. The molecule has 1 aliphatic heterocycles. The summed E-state index contributed by atoms with van der Waals surface area (Å²) < 4.78 is 74.7. The van der Waals surface area contributed by atoms with Gasteiger partial charge in [0.1, 0.15) is 12.4 Å². The van der Waals surface area contributed by atoms with Crippen LogP contribution in [0.5, 0.6) is 5.75 Å². The lowest BCUT2D eigenvalue weighted by atomic mass is 10.1. The maximum atomic E-state index is 14.5. The fourth-order valence-electron chi connectivity index (χ4n) is 1.96. The number of hydrogen-bond donors (Lipinski definition) is 0. The average molecular weight is 373 g/mol. The van der Waals surface area contributed by atoms with Crippen LogP contribution in [-0.4, -0.2) is 49.5 Å². The zero-order valence-electron chi connectivity index (χ0n) is 12.1. The standard InChI is InChI=1S/C14H13ClF4O5/c15-6-7-21-11(20)12(22-8-9-23-12)13(16,17)14(18,19)24-10-4-2-1-3-5-10/h1-5H,6-9H2. The summed E-state index contributed by atoms with van der Waals surface area (Å²) in [4.78, 5) is 11.9. The Kier molecular flexibility index (Phi) is 5.56. The van der Waals surface area contributed by atoms with E-state index >= 15 is 0 Å². The van der Waals surface area contributed by atoms with E-state index in [1.807, 2.05) is 0 Å². The van der Waals surface area contributed by atoms with Crippen LogP contribution in [0.3, 0.4) is 0 Å². The molecule has 1 aromatic carbocycles. The van der Waals surface area contributed by atoms with Gasteiger partial charge in [-0.15, -0.1) is 11.6 Å². The van der Waals surface area contributed by atoms with E-state index in [2.05, 4.69) is 18.9 Å². The Bertz CT molecular complexity index is 564. The molecule has 10 heteroatoms. The van der Waals surface area contributed by atoms with Gasteiger partial charge in [0.05, 0.1) is 19.1 Å². The van der Waals surface area contributed by atoms with Crippen molar-refractivity contribution in [3.8, 4) is 5.75 Å². The summed E-state index contributed by atoms with van der Waals surface area (Å²) in [5.41, 5.74) is 0. The SMILES string of the molecule is O=C(OCCCl)C1(C(F)(F)C(F)(F)Oc2ccccc2)OCCO1. The Morgan fingerprint density at radius 1 is 1.17 bits per heavy atom. The fraction of sp³-hybridized carbons (Fsp3) is 0.500. The highest BCUT2D eigenvalue weighted by Crippen LogP contribution is 2.48. The molecule has 24 heavy (non-hydrogen) atoms. The predicted octanol–water partition coefficient (Wildman–Crippen LogP) is 2.82. The molecule has 0 aromatic heterocycles. The lowest BCUT2D eigenvalue weighted by Gasteiger charge is -2.36. The highest BCUT2D eigenvalue weighted by Gasteiger charge is 2.79. The van der Waals surface area contributed by atoms with E-state index in [1.165, 1.54) is 18.2 Å². The molecule has 5 nitrogen and oxygen atoms in total. The van der Waals surface area contributed by atoms with Crippen molar-refractivity contribution in [3.63, 3.8) is 0 Å². The molecule has 0 saturated carbocycles. The molecule has 1 aromatic rings. The number of alkyl halides is 5. The number of rotatable bonds is 7. The van der Waals surface area contributed by atoms with Crippen LogP contribution in [-0.2, 0) is 19.0 Å². The summed E-state index contributed by atoms with van der Waals surface area (Å²) in [6, 6.07) is 6.22. The van der Waals surface area contributed by atoms with Crippen molar-refractivity contribution >= 4 is 17.6 Å². The molecule has 1 aliphatic rings. The Labute approximate surface area is 139 Å². The molecule has 0 spiro atoms. The molecule has 1 fully saturated rings. The second-order valence-corrected chi connectivity index (χ2v) is 5.02. The van der Waals surface area contributed by atoms with Gasteiger partial charge in [-0.05, 0) is 12.1 Å². The third-order valence-electron chi connectivity index (χ3n) is 3.04. The molecule has 1 saturated heterocycles. The van der Waals surface area contributed by atoms with E-state index in [0.717, 1.165) is 12.1 Å². The molecule has 0 radical (unpaired) electrons. The van der Waals surface area contributed by atoms with Crippen molar-refractivity contribution in [2.75, 3.05) is 25.7 Å². The van der Waals surface area contributed by atoms with Gasteiger partial charge in [0.2, 0.25) is 0 Å². The van der Waals surface area contributed by atoms with Gasteiger partial charge in [0.25, 0.3) is 0 Å². The van der Waals surface area contributed by atoms with Gasteiger partial charge >= 0.3 is 23.8 Å². The Morgan fingerprint density at radius 3 is 2.29 bits per heavy atom. The van der Waals surface area contributed by atoms with Crippen LogP contribution in [0.1, 0.15) is 0 Å². The molecule has 134 valence electrons. The highest BCUT2D eigenvalue weighted by atomic mass is 35.5. The summed E-state index contributed by atoms with van der Waals surface area (Å²) in [6.45, 7) is -1.46. The average Bonchev–Trinajstić information content (AvgIpc) is 3.04. The molecular weight excluding hydrogens is 360 g/mol. The summed E-state index contributed by atoms with van der Waals surface area (Å²) in [7, 11) is 0. The number of ether oxygens (including phenoxy) is 4. The Morgan fingerprint density at radius 2 is 1.75 bits per heavy atom. The van der Waals surface area contributed by atoms with Crippen molar-refractivity contribution in [1.82, 2.24) is 0 Å². The van der Waals surface area contributed by atoms with Gasteiger partial charge < -0.3 is 18.9 Å². The van der Waals surface area contributed by atoms with Crippen LogP contribution in [0.15, 0.2) is 30.3 Å². The minimum Gasteiger partial charge on any atom is -0.460 e. The molecule has 0 amide bonds. The first kappa shape index (κ1) is 18.8. The smallest absolute Gasteiger partial charge is 0.460 e. The summed E-state index contributed by atoms with van der Waals surface area (Å²) in [5, 5.41) is 0. The monoisotopic (exact) mass is 372 g/mol. The topological polar surface area (TPSA) is 54.0 Å². The quantitative estimate of drug-likeness (QED) is 0.418. The maximum Gasteiger partial charge on any atom is 0.470 e. The van der Waals surface area contributed by atoms with Crippen LogP contribution in [0, 0.1) is 0 Å². The highest BCUT2D eigenvalue weighted by molar-refractivity contribution is 6.18. The largest absolute Gasteiger partial charge is 0.470 e. The lowest BCUT2D eigenvalue weighted by molar-refractivity contribution is -0.394. The van der Waals surface area contributed by atoms with Gasteiger partial charge in [0, 0.05) is 0 Å². The number of carbonyl (C=O) groups excluding carboxylic acids is 1. The molecule has 0 bridgehead atoms. The fourth-order valence-corrected chi connectivity index (χ4v) is 2.04. The van der Waals surface area contributed by atoms with E-state index < -0.39 is 49.4 Å². The normalized spacial score (nSPS) is 17.5. The molecule has 0 aliphatic carbocycles. The zero-order valence-corrected chi connectivity index (χ0v) is 12.9. The van der Waals surface area contributed by atoms with Gasteiger partial charge in [0.15, 0.2) is 0 Å². The zero-order chi connectivity index (χ0) is 17.8. The Balaban J connectivity index is 2.31. The van der Waals surface area contributed by atoms with E-state index in [1.54, 1.807) is 0 Å². The van der Waals surface area contributed by atoms with Gasteiger partial charge in [-0.3, -0.25) is 0 Å². The number of halogens is 5. The molecule has 0 atom stereocenters. The molecular formula is C14H13ClF4O5. The van der Waals surface area contributed by atoms with Gasteiger partial charge in [-0.2, -0.15) is 17.6 Å². The first-order valence-electron chi connectivity index (χ1n) is 6.77. The van der Waals surface area contributed by atoms with E-state index in [4.69, 9.17) is 11.6 Å². The first-order valence-corrected chi connectivity index (χ1v) is 7.31. The van der Waals surface area contributed by atoms with Crippen molar-refractivity contribution in [2.45, 2.75) is 17.8 Å². The van der Waals surface area contributed by atoms with E-state index in [9.17, 15) is 22.4 Å². The van der Waals surface area contributed by atoms with Crippen molar-refractivity contribution in [3.05, 3.63) is 30.3 Å². The number of hydrogen-bond acceptors (Lipinski definition) is 5. The number of benzene rings is 1. The summed E-state index contributed by atoms with van der Waals surface area (Å²) in [5.74, 6) is -11.3. The molecule has 1 heterocycles. The van der Waals surface area contributed by atoms with Crippen molar-refractivity contribution in [2.24, 2.45) is 0 Å². The van der Waals surface area contributed by atoms with Gasteiger partial charge in [-0.25, -0.2) is 4.79 Å². The summed E-state index contributed by atoms with van der Waals surface area (Å²) >= 11 is 5.29. The van der Waals surface area contributed by atoms with Crippen LogP contribution in [0.4, 0.5) is 17.6 Å². The lowest BCUT2D eigenvalue weighted by Crippen LogP contribution is -2.65. The number of para-hydroxylation sites is 1. The minimum absolute atomic E-state index is 0.218. The van der Waals surface area contributed by atoms with Crippen molar-refractivity contribution in [1.29, 1.82) is 0 Å². The van der Waals surface area contributed by atoms with Crippen LogP contribution >= 0.6 is 11.6 Å². The van der Waals surface area contributed by atoms with Crippen LogP contribution in [0.25, 0.3) is 0 Å². The molecule has 0 N–H and O–H groups in total. The minimum atomic E-state index is -5.17. The van der Waals surface area contributed by atoms with Crippen molar-refractivity contribution < 1.29 is 41.3 Å². The Hall–Kier alpha value is -1.58.